The normalized spacial score (nSPS) is 10.1. The summed E-state index contributed by atoms with van der Waals surface area (Å²) in [5.74, 6) is 0.596. The predicted molar refractivity (Wildman–Crippen MR) is 94.3 cm³/mol. The van der Waals surface area contributed by atoms with E-state index in [0.29, 0.717) is 31.6 Å². The van der Waals surface area contributed by atoms with Crippen molar-refractivity contribution in [3.05, 3.63) is 51.5 Å². The smallest absolute Gasteiger partial charge is 0.175 e. The second-order valence-corrected chi connectivity index (χ2v) is 5.71. The van der Waals surface area contributed by atoms with E-state index < -0.39 is 0 Å². The van der Waals surface area contributed by atoms with Gasteiger partial charge in [0, 0.05) is 10.7 Å². The monoisotopic (exact) mass is 360 g/mol. The van der Waals surface area contributed by atoms with Crippen LogP contribution in [0.3, 0.4) is 0 Å². The van der Waals surface area contributed by atoms with Crippen molar-refractivity contribution in [2.75, 3.05) is 17.7 Å². The summed E-state index contributed by atoms with van der Waals surface area (Å²) in [6, 6.07) is 10.4. The summed E-state index contributed by atoms with van der Waals surface area (Å²) >= 11 is 23.3. The summed E-state index contributed by atoms with van der Waals surface area (Å²) in [7, 11) is 1.56. The van der Waals surface area contributed by atoms with Gasteiger partial charge in [-0.1, -0.05) is 34.8 Å². The Morgan fingerprint density at radius 3 is 2.43 bits per heavy atom. The van der Waals surface area contributed by atoms with E-state index in [2.05, 4.69) is 10.6 Å². The molecule has 2 aromatic carbocycles. The maximum atomic E-state index is 6.06. The number of benzene rings is 2. The van der Waals surface area contributed by atoms with Gasteiger partial charge in [-0.2, -0.15) is 0 Å². The van der Waals surface area contributed by atoms with Crippen molar-refractivity contribution < 1.29 is 4.74 Å². The van der Waals surface area contributed by atoms with Crippen LogP contribution in [-0.4, -0.2) is 12.2 Å². The first-order valence-electron chi connectivity index (χ1n) is 5.86. The lowest BCUT2D eigenvalue weighted by Crippen LogP contribution is -2.19. The zero-order valence-electron chi connectivity index (χ0n) is 10.9. The van der Waals surface area contributed by atoms with Crippen LogP contribution in [0.15, 0.2) is 36.4 Å². The standard InChI is InChI=1S/C14H11Cl3N2OS/c1-20-13-5-3-9(7-11(13)17)18-14(21)19-12-6-8(15)2-4-10(12)16/h2-7H,1H3,(H2,18,19,21). The number of halogens is 3. The SMILES string of the molecule is COc1ccc(NC(=S)Nc2cc(Cl)ccc2Cl)cc1Cl. The van der Waals surface area contributed by atoms with Crippen LogP contribution in [0.5, 0.6) is 5.75 Å². The predicted octanol–water partition coefficient (Wildman–Crippen LogP) is 5.46. The molecule has 3 nitrogen and oxygen atoms in total. The van der Waals surface area contributed by atoms with Crippen LogP contribution in [0.25, 0.3) is 0 Å². The molecule has 110 valence electrons. The highest BCUT2D eigenvalue weighted by Gasteiger charge is 2.06. The molecular formula is C14H11Cl3N2OS. The zero-order chi connectivity index (χ0) is 15.4. The largest absolute Gasteiger partial charge is 0.495 e. The molecule has 2 N–H and O–H groups in total. The number of hydrogen-bond acceptors (Lipinski definition) is 2. The minimum absolute atomic E-state index is 0.375. The fraction of sp³-hybridized carbons (Fsp3) is 0.0714. The van der Waals surface area contributed by atoms with Gasteiger partial charge in [-0.25, -0.2) is 0 Å². The van der Waals surface area contributed by atoms with Crippen LogP contribution in [0.1, 0.15) is 0 Å². The van der Waals surface area contributed by atoms with Gasteiger partial charge in [0.05, 0.1) is 22.8 Å². The van der Waals surface area contributed by atoms with E-state index in [1.807, 2.05) is 0 Å². The van der Waals surface area contributed by atoms with Crippen LogP contribution in [-0.2, 0) is 0 Å². The van der Waals surface area contributed by atoms with Gasteiger partial charge in [-0.05, 0) is 48.6 Å². The van der Waals surface area contributed by atoms with E-state index in [0.717, 1.165) is 5.69 Å². The molecule has 0 bridgehead atoms. The lowest BCUT2D eigenvalue weighted by atomic mass is 10.3. The third-order valence-corrected chi connectivity index (χ3v) is 3.65. The zero-order valence-corrected chi connectivity index (χ0v) is 14.0. The minimum atomic E-state index is 0.375. The number of rotatable bonds is 3. The average molecular weight is 362 g/mol. The molecule has 0 saturated heterocycles. The molecule has 0 saturated carbocycles. The van der Waals surface area contributed by atoms with Gasteiger partial charge in [0.15, 0.2) is 5.11 Å². The van der Waals surface area contributed by atoms with Gasteiger partial charge in [-0.3, -0.25) is 0 Å². The molecule has 0 heterocycles. The third kappa shape index (κ3) is 4.38. The maximum absolute atomic E-state index is 6.06. The Morgan fingerprint density at radius 1 is 1.00 bits per heavy atom. The molecule has 2 rings (SSSR count). The molecule has 0 aliphatic rings. The maximum Gasteiger partial charge on any atom is 0.175 e. The van der Waals surface area contributed by atoms with Crippen molar-refractivity contribution in [2.45, 2.75) is 0 Å². The van der Waals surface area contributed by atoms with E-state index in [1.54, 1.807) is 43.5 Å². The first-order chi connectivity index (χ1) is 9.99. The summed E-state index contributed by atoms with van der Waals surface area (Å²) in [6.45, 7) is 0. The summed E-state index contributed by atoms with van der Waals surface area (Å²) in [5, 5.41) is 7.94. The van der Waals surface area contributed by atoms with Crippen molar-refractivity contribution in [2.24, 2.45) is 0 Å². The van der Waals surface area contributed by atoms with Gasteiger partial charge < -0.3 is 15.4 Å². The Kier molecular flexibility index (Phi) is 5.53. The average Bonchev–Trinajstić information content (AvgIpc) is 2.43. The first kappa shape index (κ1) is 16.2. The van der Waals surface area contributed by atoms with Crippen molar-refractivity contribution in [1.29, 1.82) is 0 Å². The van der Waals surface area contributed by atoms with E-state index in [4.69, 9.17) is 51.8 Å². The third-order valence-electron chi connectivity index (χ3n) is 2.59. The number of anilines is 2. The molecule has 0 amide bonds. The van der Waals surface area contributed by atoms with Crippen molar-refractivity contribution >= 4 is 63.5 Å². The number of methoxy groups -OCH3 is 1. The van der Waals surface area contributed by atoms with Crippen molar-refractivity contribution in [1.82, 2.24) is 0 Å². The molecular weight excluding hydrogens is 351 g/mol. The summed E-state index contributed by atoms with van der Waals surface area (Å²) in [4.78, 5) is 0. The van der Waals surface area contributed by atoms with Crippen LogP contribution in [0.2, 0.25) is 15.1 Å². The fourth-order valence-electron chi connectivity index (χ4n) is 1.62. The molecule has 0 aromatic heterocycles. The Hall–Kier alpha value is -1.20. The highest BCUT2D eigenvalue weighted by molar-refractivity contribution is 7.80. The lowest BCUT2D eigenvalue weighted by molar-refractivity contribution is 0.415. The first-order valence-corrected chi connectivity index (χ1v) is 7.40. The van der Waals surface area contributed by atoms with Gasteiger partial charge >= 0.3 is 0 Å². The highest BCUT2D eigenvalue weighted by Crippen LogP contribution is 2.28. The Bertz CT molecular complexity index is 679. The number of ether oxygens (including phenoxy) is 1. The molecule has 2 aromatic rings. The van der Waals surface area contributed by atoms with Gasteiger partial charge in [0.2, 0.25) is 0 Å². The summed E-state index contributed by atoms with van der Waals surface area (Å²) < 4.78 is 5.09. The molecule has 0 aliphatic carbocycles. The molecule has 0 radical (unpaired) electrons. The molecule has 0 fully saturated rings. The van der Waals surface area contributed by atoms with E-state index in [-0.39, 0.29) is 0 Å². The second-order valence-electron chi connectivity index (χ2n) is 4.05. The van der Waals surface area contributed by atoms with E-state index in [1.165, 1.54) is 0 Å². The molecule has 0 spiro atoms. The summed E-state index contributed by atoms with van der Waals surface area (Å²) in [5.41, 5.74) is 1.36. The van der Waals surface area contributed by atoms with Crippen LogP contribution < -0.4 is 15.4 Å². The Morgan fingerprint density at radius 2 is 1.76 bits per heavy atom. The number of nitrogens with one attached hydrogen (secondary N) is 2. The number of thiocarbonyl (C=S) groups is 1. The van der Waals surface area contributed by atoms with Crippen LogP contribution in [0, 0.1) is 0 Å². The molecule has 21 heavy (non-hydrogen) atoms. The fourth-order valence-corrected chi connectivity index (χ4v) is 2.44. The highest BCUT2D eigenvalue weighted by atomic mass is 35.5. The molecule has 7 heteroatoms. The lowest BCUT2D eigenvalue weighted by Gasteiger charge is -2.13. The van der Waals surface area contributed by atoms with Gasteiger partial charge in [0.1, 0.15) is 5.75 Å². The second kappa shape index (κ2) is 7.18. The molecule has 0 aliphatic heterocycles. The van der Waals surface area contributed by atoms with Crippen LogP contribution >= 0.6 is 47.0 Å². The Balaban J connectivity index is 2.08. The molecule has 0 unspecified atom stereocenters. The number of hydrogen-bond donors (Lipinski definition) is 2. The van der Waals surface area contributed by atoms with Gasteiger partial charge in [0.25, 0.3) is 0 Å². The van der Waals surface area contributed by atoms with Gasteiger partial charge in [-0.15, -0.1) is 0 Å². The van der Waals surface area contributed by atoms with Crippen LogP contribution in [0.4, 0.5) is 11.4 Å². The summed E-state index contributed by atoms with van der Waals surface area (Å²) in [6.07, 6.45) is 0. The quantitative estimate of drug-likeness (QED) is 0.711. The topological polar surface area (TPSA) is 33.3 Å². The minimum Gasteiger partial charge on any atom is -0.495 e. The Labute approximate surface area is 143 Å². The van der Waals surface area contributed by atoms with Crippen molar-refractivity contribution in [3.63, 3.8) is 0 Å². The molecule has 0 atom stereocenters. The van der Waals surface area contributed by atoms with E-state index in [9.17, 15) is 0 Å². The van der Waals surface area contributed by atoms with E-state index >= 15 is 0 Å². The van der Waals surface area contributed by atoms with Crippen molar-refractivity contribution in [3.8, 4) is 5.75 Å².